The van der Waals surface area contributed by atoms with E-state index in [0.29, 0.717) is 30.2 Å². The number of nitrogens with zero attached hydrogens (tertiary/aromatic N) is 2. The second-order valence-electron chi connectivity index (χ2n) is 6.16. The Bertz CT molecular complexity index is 730. The first-order chi connectivity index (χ1) is 12.1. The van der Waals surface area contributed by atoms with Gasteiger partial charge in [0.1, 0.15) is 17.1 Å². The van der Waals surface area contributed by atoms with Crippen LogP contribution in [0, 0.1) is 6.92 Å². The van der Waals surface area contributed by atoms with E-state index in [0.717, 1.165) is 13.1 Å². The number of rotatable bonds is 4. The van der Waals surface area contributed by atoms with E-state index in [9.17, 15) is 4.79 Å². The van der Waals surface area contributed by atoms with E-state index >= 15 is 0 Å². The van der Waals surface area contributed by atoms with Crippen molar-refractivity contribution in [3.63, 3.8) is 0 Å². The van der Waals surface area contributed by atoms with Gasteiger partial charge in [-0.3, -0.25) is 4.79 Å². The highest BCUT2D eigenvalue weighted by molar-refractivity contribution is 5.99. The Kier molecular flexibility index (Phi) is 5.12. The van der Waals surface area contributed by atoms with Crippen LogP contribution in [0.1, 0.15) is 15.9 Å². The SMILES string of the molecule is COc1cccc(OC)c1C(=O)N1CCN(c2cccc(C)c2)CC1. The number of methoxy groups -OCH3 is 2. The quantitative estimate of drug-likeness (QED) is 0.858. The summed E-state index contributed by atoms with van der Waals surface area (Å²) in [5, 5.41) is 0. The van der Waals surface area contributed by atoms with Crippen LogP contribution in [0.25, 0.3) is 0 Å². The highest BCUT2D eigenvalue weighted by atomic mass is 16.5. The van der Waals surface area contributed by atoms with Crippen LogP contribution in [0.15, 0.2) is 42.5 Å². The average Bonchev–Trinajstić information content (AvgIpc) is 2.66. The number of amides is 1. The van der Waals surface area contributed by atoms with E-state index in [1.54, 1.807) is 26.4 Å². The maximum atomic E-state index is 13.0. The number of carbonyl (C=O) groups is 1. The minimum atomic E-state index is -0.0433. The van der Waals surface area contributed by atoms with E-state index in [-0.39, 0.29) is 5.91 Å². The molecule has 1 saturated heterocycles. The van der Waals surface area contributed by atoms with Crippen molar-refractivity contribution in [1.29, 1.82) is 0 Å². The zero-order valence-electron chi connectivity index (χ0n) is 15.0. The van der Waals surface area contributed by atoms with Crippen molar-refractivity contribution in [2.45, 2.75) is 6.92 Å². The Balaban J connectivity index is 1.74. The van der Waals surface area contributed by atoms with Gasteiger partial charge in [0.2, 0.25) is 0 Å². The average molecular weight is 340 g/mol. The molecule has 5 nitrogen and oxygen atoms in total. The molecule has 0 radical (unpaired) electrons. The number of hydrogen-bond donors (Lipinski definition) is 0. The van der Waals surface area contributed by atoms with Gasteiger partial charge in [-0.2, -0.15) is 0 Å². The molecule has 0 aliphatic carbocycles. The molecule has 1 fully saturated rings. The molecule has 0 unspecified atom stereocenters. The summed E-state index contributed by atoms with van der Waals surface area (Å²) < 4.78 is 10.7. The van der Waals surface area contributed by atoms with Gasteiger partial charge < -0.3 is 19.3 Å². The number of ether oxygens (including phenoxy) is 2. The van der Waals surface area contributed by atoms with E-state index in [1.165, 1.54) is 11.3 Å². The summed E-state index contributed by atoms with van der Waals surface area (Å²) in [5.74, 6) is 1.05. The standard InChI is InChI=1S/C20H24N2O3/c1-15-6-4-7-16(14-15)21-10-12-22(13-11-21)20(23)19-17(24-2)8-5-9-18(19)25-3/h4-9,14H,10-13H2,1-3H3. The third-order valence-electron chi connectivity index (χ3n) is 4.58. The van der Waals surface area contributed by atoms with Gasteiger partial charge in [0.25, 0.3) is 5.91 Å². The third-order valence-corrected chi connectivity index (χ3v) is 4.58. The molecule has 0 N–H and O–H groups in total. The second kappa shape index (κ2) is 7.47. The molecule has 1 aliphatic rings. The molecule has 1 aliphatic heterocycles. The minimum absolute atomic E-state index is 0.0433. The van der Waals surface area contributed by atoms with Gasteiger partial charge in [-0.05, 0) is 36.8 Å². The van der Waals surface area contributed by atoms with Crippen molar-refractivity contribution >= 4 is 11.6 Å². The first-order valence-electron chi connectivity index (χ1n) is 8.46. The molecule has 0 saturated carbocycles. The van der Waals surface area contributed by atoms with Crippen LogP contribution in [-0.2, 0) is 0 Å². The Morgan fingerprint density at radius 1 is 0.920 bits per heavy atom. The summed E-state index contributed by atoms with van der Waals surface area (Å²) in [6, 6.07) is 13.9. The van der Waals surface area contributed by atoms with E-state index in [2.05, 4.69) is 36.1 Å². The summed E-state index contributed by atoms with van der Waals surface area (Å²) in [7, 11) is 3.14. The van der Waals surface area contributed by atoms with Crippen molar-refractivity contribution in [3.05, 3.63) is 53.6 Å². The number of hydrogen-bond acceptors (Lipinski definition) is 4. The lowest BCUT2D eigenvalue weighted by atomic mass is 10.1. The molecule has 1 amide bonds. The predicted octanol–water partition coefficient (Wildman–Crippen LogP) is 2.97. The van der Waals surface area contributed by atoms with Crippen molar-refractivity contribution in [3.8, 4) is 11.5 Å². The lowest BCUT2D eigenvalue weighted by Gasteiger charge is -2.36. The molecule has 0 aromatic heterocycles. The Labute approximate surface area is 148 Å². The van der Waals surface area contributed by atoms with Gasteiger partial charge in [0, 0.05) is 31.9 Å². The summed E-state index contributed by atoms with van der Waals surface area (Å²) in [6.45, 7) is 5.07. The van der Waals surface area contributed by atoms with Crippen molar-refractivity contribution < 1.29 is 14.3 Å². The highest BCUT2D eigenvalue weighted by Gasteiger charge is 2.27. The van der Waals surface area contributed by atoms with Crippen LogP contribution in [0.5, 0.6) is 11.5 Å². The Morgan fingerprint density at radius 2 is 1.52 bits per heavy atom. The molecule has 2 aromatic rings. The monoisotopic (exact) mass is 340 g/mol. The van der Waals surface area contributed by atoms with Gasteiger partial charge in [-0.15, -0.1) is 0 Å². The first kappa shape index (κ1) is 17.1. The molecule has 0 bridgehead atoms. The smallest absolute Gasteiger partial charge is 0.261 e. The molecular formula is C20H24N2O3. The fraction of sp³-hybridized carbons (Fsp3) is 0.350. The van der Waals surface area contributed by atoms with Gasteiger partial charge in [-0.25, -0.2) is 0 Å². The van der Waals surface area contributed by atoms with Crippen LogP contribution in [0.3, 0.4) is 0 Å². The van der Waals surface area contributed by atoms with Crippen LogP contribution in [0.2, 0.25) is 0 Å². The minimum Gasteiger partial charge on any atom is -0.496 e. The fourth-order valence-electron chi connectivity index (χ4n) is 3.21. The number of anilines is 1. The van der Waals surface area contributed by atoms with Crippen molar-refractivity contribution in [2.75, 3.05) is 45.3 Å². The van der Waals surface area contributed by atoms with Gasteiger partial charge in [0.15, 0.2) is 0 Å². The van der Waals surface area contributed by atoms with Gasteiger partial charge in [0.05, 0.1) is 14.2 Å². The molecule has 5 heteroatoms. The number of carbonyl (C=O) groups excluding carboxylic acids is 1. The summed E-state index contributed by atoms with van der Waals surface area (Å²) in [5.41, 5.74) is 2.95. The Hall–Kier alpha value is -2.69. The molecule has 0 atom stereocenters. The van der Waals surface area contributed by atoms with E-state index in [1.807, 2.05) is 11.0 Å². The second-order valence-corrected chi connectivity index (χ2v) is 6.16. The molecule has 1 heterocycles. The summed E-state index contributed by atoms with van der Waals surface area (Å²) in [6.07, 6.45) is 0. The number of aryl methyl sites for hydroxylation is 1. The summed E-state index contributed by atoms with van der Waals surface area (Å²) in [4.78, 5) is 17.2. The van der Waals surface area contributed by atoms with E-state index < -0.39 is 0 Å². The number of benzene rings is 2. The van der Waals surface area contributed by atoms with Crippen LogP contribution >= 0.6 is 0 Å². The Morgan fingerprint density at radius 3 is 2.08 bits per heavy atom. The van der Waals surface area contributed by atoms with Crippen LogP contribution < -0.4 is 14.4 Å². The van der Waals surface area contributed by atoms with Crippen LogP contribution in [0.4, 0.5) is 5.69 Å². The van der Waals surface area contributed by atoms with Gasteiger partial charge >= 0.3 is 0 Å². The summed E-state index contributed by atoms with van der Waals surface area (Å²) >= 11 is 0. The predicted molar refractivity (Wildman–Crippen MR) is 98.8 cm³/mol. The largest absolute Gasteiger partial charge is 0.496 e. The molecule has 3 rings (SSSR count). The van der Waals surface area contributed by atoms with Crippen molar-refractivity contribution in [1.82, 2.24) is 4.90 Å². The van der Waals surface area contributed by atoms with E-state index in [4.69, 9.17) is 9.47 Å². The maximum Gasteiger partial charge on any atom is 0.261 e. The van der Waals surface area contributed by atoms with Crippen LogP contribution in [-0.4, -0.2) is 51.2 Å². The lowest BCUT2D eigenvalue weighted by molar-refractivity contribution is 0.0740. The first-order valence-corrected chi connectivity index (χ1v) is 8.46. The maximum absolute atomic E-state index is 13.0. The fourth-order valence-corrected chi connectivity index (χ4v) is 3.21. The molecule has 132 valence electrons. The third kappa shape index (κ3) is 3.55. The highest BCUT2D eigenvalue weighted by Crippen LogP contribution is 2.30. The molecule has 25 heavy (non-hydrogen) atoms. The zero-order chi connectivity index (χ0) is 17.8. The topological polar surface area (TPSA) is 42.0 Å². The van der Waals surface area contributed by atoms with Gasteiger partial charge in [-0.1, -0.05) is 18.2 Å². The molecule has 2 aromatic carbocycles. The molecule has 0 spiro atoms. The molecular weight excluding hydrogens is 316 g/mol. The lowest BCUT2D eigenvalue weighted by Crippen LogP contribution is -2.49. The number of piperazine rings is 1. The normalized spacial score (nSPS) is 14.4. The zero-order valence-corrected chi connectivity index (χ0v) is 15.0. The van der Waals surface area contributed by atoms with Crippen molar-refractivity contribution in [2.24, 2.45) is 0 Å².